The van der Waals surface area contributed by atoms with Crippen LogP contribution in [0, 0.1) is 0 Å². The first-order chi connectivity index (χ1) is 13.6. The number of nitrogens with one attached hydrogen (secondary N) is 1. The van der Waals surface area contributed by atoms with Gasteiger partial charge in [-0.25, -0.2) is 9.97 Å². The predicted octanol–water partition coefficient (Wildman–Crippen LogP) is 3.96. The van der Waals surface area contributed by atoms with Gasteiger partial charge in [-0.1, -0.05) is 42.5 Å². The van der Waals surface area contributed by atoms with Gasteiger partial charge in [-0.15, -0.1) is 0 Å². The van der Waals surface area contributed by atoms with E-state index >= 15 is 0 Å². The number of hydrogen-bond acceptors (Lipinski definition) is 5. The minimum Gasteiger partial charge on any atom is -0.337 e. The molecular weight excluding hydrogens is 352 g/mol. The Hall–Kier alpha value is -3.54. The summed E-state index contributed by atoms with van der Waals surface area (Å²) in [7, 11) is 0. The molecule has 0 bridgehead atoms. The molecule has 1 amide bonds. The number of amides is 1. The molecule has 3 rings (SSSR count). The van der Waals surface area contributed by atoms with E-state index in [0.717, 1.165) is 6.54 Å². The standard InChI is InChI=1S/C22H22N4O2/c1-3-26(15-17-8-5-4-6-9-17)22-23-13-19(14-24-22)21(28)25-20-11-7-10-18(12-20)16(2)27/h4-14H,3,15H2,1-2H3,(H,25,28). The fourth-order valence-corrected chi connectivity index (χ4v) is 2.75. The number of benzene rings is 2. The monoisotopic (exact) mass is 374 g/mol. The number of rotatable bonds is 7. The molecule has 0 aliphatic heterocycles. The Bertz CT molecular complexity index is 956. The van der Waals surface area contributed by atoms with Crippen LogP contribution in [-0.4, -0.2) is 28.2 Å². The van der Waals surface area contributed by atoms with E-state index in [-0.39, 0.29) is 11.7 Å². The Kier molecular flexibility index (Phi) is 6.11. The smallest absolute Gasteiger partial charge is 0.258 e. The molecule has 142 valence electrons. The average Bonchev–Trinajstić information content (AvgIpc) is 2.73. The molecule has 0 unspecified atom stereocenters. The van der Waals surface area contributed by atoms with Crippen molar-refractivity contribution in [1.29, 1.82) is 0 Å². The van der Waals surface area contributed by atoms with Crippen molar-refractivity contribution < 1.29 is 9.59 Å². The maximum absolute atomic E-state index is 12.4. The summed E-state index contributed by atoms with van der Waals surface area (Å²) >= 11 is 0. The first-order valence-electron chi connectivity index (χ1n) is 9.10. The minimum atomic E-state index is -0.321. The summed E-state index contributed by atoms with van der Waals surface area (Å²) in [5.41, 5.74) is 2.62. The molecule has 2 aromatic carbocycles. The number of aromatic nitrogens is 2. The summed E-state index contributed by atoms with van der Waals surface area (Å²) in [5.74, 6) is 0.196. The van der Waals surface area contributed by atoms with Crippen LogP contribution in [-0.2, 0) is 6.54 Å². The molecule has 0 radical (unpaired) electrons. The number of carbonyl (C=O) groups is 2. The first kappa shape index (κ1) is 19.2. The van der Waals surface area contributed by atoms with Crippen molar-refractivity contribution >= 4 is 23.3 Å². The molecule has 0 aliphatic rings. The van der Waals surface area contributed by atoms with Crippen molar-refractivity contribution in [2.75, 3.05) is 16.8 Å². The summed E-state index contributed by atoms with van der Waals surface area (Å²) < 4.78 is 0. The first-order valence-corrected chi connectivity index (χ1v) is 9.10. The van der Waals surface area contributed by atoms with E-state index in [9.17, 15) is 9.59 Å². The van der Waals surface area contributed by atoms with Gasteiger partial charge in [0.15, 0.2) is 5.78 Å². The highest BCUT2D eigenvalue weighted by Gasteiger charge is 2.12. The third kappa shape index (κ3) is 4.79. The largest absolute Gasteiger partial charge is 0.337 e. The molecule has 1 N–H and O–H groups in total. The van der Waals surface area contributed by atoms with Crippen LogP contribution in [0.1, 0.15) is 40.1 Å². The Morgan fingerprint density at radius 1 is 0.964 bits per heavy atom. The molecule has 28 heavy (non-hydrogen) atoms. The molecule has 3 aromatic rings. The fraction of sp³-hybridized carbons (Fsp3) is 0.182. The zero-order valence-electron chi connectivity index (χ0n) is 15.9. The van der Waals surface area contributed by atoms with E-state index in [0.29, 0.717) is 29.3 Å². The molecule has 0 spiro atoms. The third-order valence-electron chi connectivity index (χ3n) is 4.31. The van der Waals surface area contributed by atoms with Crippen molar-refractivity contribution in [2.24, 2.45) is 0 Å². The van der Waals surface area contributed by atoms with E-state index in [1.807, 2.05) is 30.0 Å². The summed E-state index contributed by atoms with van der Waals surface area (Å²) in [6, 6.07) is 16.9. The molecule has 0 atom stereocenters. The van der Waals surface area contributed by atoms with Gasteiger partial charge in [-0.2, -0.15) is 0 Å². The van der Waals surface area contributed by atoms with E-state index in [2.05, 4.69) is 27.4 Å². The average molecular weight is 374 g/mol. The summed E-state index contributed by atoms with van der Waals surface area (Å²) in [6.45, 7) is 4.97. The van der Waals surface area contributed by atoms with Crippen LogP contribution in [0.5, 0.6) is 0 Å². The second-order valence-corrected chi connectivity index (χ2v) is 6.36. The molecule has 6 heteroatoms. The maximum Gasteiger partial charge on any atom is 0.258 e. The number of anilines is 2. The lowest BCUT2D eigenvalue weighted by Gasteiger charge is -2.20. The van der Waals surface area contributed by atoms with Gasteiger partial charge in [0.1, 0.15) is 0 Å². The lowest BCUT2D eigenvalue weighted by Crippen LogP contribution is -2.24. The van der Waals surface area contributed by atoms with Crippen molar-refractivity contribution in [1.82, 2.24) is 9.97 Å². The van der Waals surface area contributed by atoms with Gasteiger partial charge in [-0.05, 0) is 31.5 Å². The van der Waals surface area contributed by atoms with Gasteiger partial charge in [0.25, 0.3) is 5.91 Å². The third-order valence-corrected chi connectivity index (χ3v) is 4.31. The molecule has 0 saturated carbocycles. The highest BCUT2D eigenvalue weighted by molar-refractivity contribution is 6.04. The van der Waals surface area contributed by atoms with Crippen LogP contribution >= 0.6 is 0 Å². The Labute approximate surface area is 164 Å². The summed E-state index contributed by atoms with van der Waals surface area (Å²) in [5, 5.41) is 2.77. The number of Topliss-reactive ketones (excluding diaryl/α,β-unsaturated/α-hetero) is 1. The highest BCUT2D eigenvalue weighted by atomic mass is 16.1. The van der Waals surface area contributed by atoms with Crippen molar-refractivity contribution in [3.05, 3.63) is 83.7 Å². The Balaban J connectivity index is 1.70. The van der Waals surface area contributed by atoms with Gasteiger partial charge in [-0.3, -0.25) is 9.59 Å². The molecule has 1 aromatic heterocycles. The number of hydrogen-bond donors (Lipinski definition) is 1. The second-order valence-electron chi connectivity index (χ2n) is 6.36. The van der Waals surface area contributed by atoms with Gasteiger partial charge in [0, 0.05) is 36.7 Å². The normalized spacial score (nSPS) is 10.4. The summed E-state index contributed by atoms with van der Waals surface area (Å²) in [4.78, 5) is 34.7. The topological polar surface area (TPSA) is 75.2 Å². The van der Waals surface area contributed by atoms with E-state index < -0.39 is 0 Å². The van der Waals surface area contributed by atoms with Crippen molar-refractivity contribution in [3.63, 3.8) is 0 Å². The fourth-order valence-electron chi connectivity index (χ4n) is 2.75. The Morgan fingerprint density at radius 2 is 1.68 bits per heavy atom. The minimum absolute atomic E-state index is 0.0538. The van der Waals surface area contributed by atoms with Crippen LogP contribution in [0.25, 0.3) is 0 Å². The van der Waals surface area contributed by atoms with Crippen LogP contribution in [0.15, 0.2) is 67.0 Å². The zero-order chi connectivity index (χ0) is 19.9. The van der Waals surface area contributed by atoms with Gasteiger partial charge < -0.3 is 10.2 Å². The molecule has 0 fully saturated rings. The van der Waals surface area contributed by atoms with E-state index in [1.165, 1.54) is 24.9 Å². The quantitative estimate of drug-likeness (QED) is 0.634. The number of ketones is 1. The Morgan fingerprint density at radius 3 is 2.32 bits per heavy atom. The van der Waals surface area contributed by atoms with Crippen molar-refractivity contribution in [2.45, 2.75) is 20.4 Å². The lowest BCUT2D eigenvalue weighted by atomic mass is 10.1. The number of nitrogens with zero attached hydrogens (tertiary/aromatic N) is 3. The van der Waals surface area contributed by atoms with Crippen molar-refractivity contribution in [3.8, 4) is 0 Å². The lowest BCUT2D eigenvalue weighted by molar-refractivity contribution is 0.101. The molecular formula is C22H22N4O2. The van der Waals surface area contributed by atoms with E-state index in [4.69, 9.17) is 0 Å². The molecule has 6 nitrogen and oxygen atoms in total. The molecule has 0 aliphatic carbocycles. The van der Waals surface area contributed by atoms with Crippen LogP contribution in [0.2, 0.25) is 0 Å². The molecule has 1 heterocycles. The van der Waals surface area contributed by atoms with E-state index in [1.54, 1.807) is 24.3 Å². The van der Waals surface area contributed by atoms with Gasteiger partial charge in [0.2, 0.25) is 5.95 Å². The van der Waals surface area contributed by atoms with Crippen LogP contribution in [0.4, 0.5) is 11.6 Å². The second kappa shape index (κ2) is 8.90. The van der Waals surface area contributed by atoms with Gasteiger partial charge in [0.05, 0.1) is 5.56 Å². The predicted molar refractivity (Wildman–Crippen MR) is 110 cm³/mol. The molecule has 0 saturated heterocycles. The maximum atomic E-state index is 12.4. The highest BCUT2D eigenvalue weighted by Crippen LogP contribution is 2.15. The van der Waals surface area contributed by atoms with Crippen LogP contribution < -0.4 is 10.2 Å². The SMILES string of the molecule is CCN(Cc1ccccc1)c1ncc(C(=O)Nc2cccc(C(C)=O)c2)cn1. The zero-order valence-corrected chi connectivity index (χ0v) is 15.9. The number of carbonyl (C=O) groups excluding carboxylic acids is 2. The van der Waals surface area contributed by atoms with Crippen LogP contribution in [0.3, 0.4) is 0 Å². The van der Waals surface area contributed by atoms with Gasteiger partial charge >= 0.3 is 0 Å². The summed E-state index contributed by atoms with van der Waals surface area (Å²) in [6.07, 6.45) is 3.03.